The Balaban J connectivity index is 2.09. The average molecular weight is 582 g/mol. The van der Waals surface area contributed by atoms with Crippen LogP contribution in [0, 0.1) is 6.92 Å². The summed E-state index contributed by atoms with van der Waals surface area (Å²) in [6.45, 7) is 29.4. The summed E-state index contributed by atoms with van der Waals surface area (Å²) < 4.78 is 0. The first-order valence-corrected chi connectivity index (χ1v) is 15.9. The monoisotopic (exact) mass is 581 g/mol. The normalized spacial score (nSPS) is 18.6. The summed E-state index contributed by atoms with van der Waals surface area (Å²) in [5, 5.41) is 27.1. The van der Waals surface area contributed by atoms with E-state index in [2.05, 4.69) is 98.7 Å². The molecule has 1 fully saturated rings. The van der Waals surface area contributed by atoms with E-state index in [0.29, 0.717) is 18.2 Å². The van der Waals surface area contributed by atoms with Crippen LogP contribution in [-0.2, 0) is 6.54 Å². The fourth-order valence-electron chi connectivity index (χ4n) is 5.53. The van der Waals surface area contributed by atoms with Crippen LogP contribution < -0.4 is 10.6 Å². The van der Waals surface area contributed by atoms with Crippen LogP contribution in [0.2, 0.25) is 0 Å². The van der Waals surface area contributed by atoms with Crippen LogP contribution in [0.15, 0.2) is 59.5 Å². The van der Waals surface area contributed by atoms with Crippen molar-refractivity contribution in [1.82, 2.24) is 25.3 Å². The van der Waals surface area contributed by atoms with Crippen molar-refractivity contribution in [2.75, 3.05) is 45.8 Å². The van der Waals surface area contributed by atoms with E-state index in [9.17, 15) is 10.2 Å². The Bertz CT molecular complexity index is 1090. The van der Waals surface area contributed by atoms with Crippen molar-refractivity contribution in [3.63, 3.8) is 0 Å². The largest absolute Gasteiger partial charge is 0.504 e. The number of hydrogen-bond acceptors (Lipinski definition) is 7. The van der Waals surface area contributed by atoms with Crippen LogP contribution >= 0.6 is 0 Å². The Kier molecular flexibility index (Phi) is 15.2. The maximum absolute atomic E-state index is 10.1. The van der Waals surface area contributed by atoms with E-state index in [1.54, 1.807) is 0 Å². The lowest BCUT2D eigenvalue weighted by Gasteiger charge is -2.40. The Morgan fingerprint density at radius 1 is 1.14 bits per heavy atom. The highest BCUT2D eigenvalue weighted by Crippen LogP contribution is 2.30. The first-order chi connectivity index (χ1) is 20.1. The van der Waals surface area contributed by atoms with Gasteiger partial charge < -0.3 is 20.4 Å². The molecule has 42 heavy (non-hydrogen) atoms. The van der Waals surface area contributed by atoms with E-state index in [1.165, 1.54) is 30.1 Å². The molecule has 2 rings (SSSR count). The minimum atomic E-state index is -0.0953. The number of allylic oxidation sites excluding steroid dienone is 3. The number of rotatable bonds is 15. The second-order valence-corrected chi connectivity index (χ2v) is 11.7. The standard InChI is InChI=1S/C35H59N5O2/c1-10-18-38(25-31(12-3)13-4)19-16-28(7)39-20-17-36-35(26(5)11-2)40(22-21-39)24-27(6)30(9)37-23-32-14-15-33(41)34(42)29(32)8/h11-12,14-15,24,28,35-37,41-42H,9-10,13,16-23,25H2,1-8H3/b26-11-,27-24+,31-12+. The molecule has 1 aliphatic heterocycles. The van der Waals surface area contributed by atoms with Gasteiger partial charge in [0.25, 0.3) is 0 Å². The first-order valence-electron chi connectivity index (χ1n) is 15.9. The second-order valence-electron chi connectivity index (χ2n) is 11.7. The molecular weight excluding hydrogens is 522 g/mol. The molecule has 1 aliphatic rings. The Morgan fingerprint density at radius 2 is 1.88 bits per heavy atom. The summed E-state index contributed by atoms with van der Waals surface area (Å²) in [6, 6.07) is 3.87. The maximum atomic E-state index is 10.1. The predicted molar refractivity (Wildman–Crippen MR) is 179 cm³/mol. The molecule has 0 aliphatic carbocycles. The van der Waals surface area contributed by atoms with Gasteiger partial charge in [-0.25, -0.2) is 0 Å². The minimum absolute atomic E-state index is 0.0658. The van der Waals surface area contributed by atoms with Gasteiger partial charge in [-0.2, -0.15) is 0 Å². The minimum Gasteiger partial charge on any atom is -0.504 e. The molecule has 4 N–H and O–H groups in total. The number of aromatic hydroxyl groups is 2. The van der Waals surface area contributed by atoms with Crippen molar-refractivity contribution in [1.29, 1.82) is 0 Å². The molecule has 0 spiro atoms. The summed E-state index contributed by atoms with van der Waals surface area (Å²) in [5.41, 5.74) is 6.34. The fraction of sp³-hybridized carbons (Fsp3) is 0.600. The Labute approximate surface area is 256 Å². The number of hydrogen-bond donors (Lipinski definition) is 4. The van der Waals surface area contributed by atoms with Gasteiger partial charge in [0, 0.05) is 57.2 Å². The zero-order valence-electron chi connectivity index (χ0n) is 27.8. The topological polar surface area (TPSA) is 74.2 Å². The first kappa shape index (κ1) is 35.5. The number of benzene rings is 1. The van der Waals surface area contributed by atoms with Gasteiger partial charge in [-0.15, -0.1) is 0 Å². The average Bonchev–Trinajstić information content (AvgIpc) is 2.97. The van der Waals surface area contributed by atoms with Crippen LogP contribution in [-0.4, -0.2) is 82.9 Å². The van der Waals surface area contributed by atoms with Crippen LogP contribution in [0.25, 0.3) is 0 Å². The van der Waals surface area contributed by atoms with Gasteiger partial charge in [0.2, 0.25) is 0 Å². The van der Waals surface area contributed by atoms with Crippen molar-refractivity contribution in [2.45, 2.75) is 93.4 Å². The van der Waals surface area contributed by atoms with E-state index < -0.39 is 0 Å². The summed E-state index contributed by atoms with van der Waals surface area (Å²) in [5.74, 6) is -0.161. The molecule has 0 amide bonds. The van der Waals surface area contributed by atoms with Crippen molar-refractivity contribution < 1.29 is 10.2 Å². The highest BCUT2D eigenvalue weighted by molar-refractivity contribution is 5.48. The lowest BCUT2D eigenvalue weighted by Crippen LogP contribution is -2.53. The smallest absolute Gasteiger partial charge is 0.160 e. The Morgan fingerprint density at radius 3 is 2.52 bits per heavy atom. The van der Waals surface area contributed by atoms with Gasteiger partial charge in [0.05, 0.1) is 0 Å². The predicted octanol–water partition coefficient (Wildman–Crippen LogP) is 6.26. The van der Waals surface area contributed by atoms with E-state index in [0.717, 1.165) is 69.1 Å². The van der Waals surface area contributed by atoms with Gasteiger partial charge in [0.1, 0.15) is 6.17 Å². The molecular formula is C35H59N5O2. The van der Waals surface area contributed by atoms with E-state index in [1.807, 2.05) is 13.0 Å². The highest BCUT2D eigenvalue weighted by Gasteiger charge is 2.24. The van der Waals surface area contributed by atoms with Gasteiger partial charge in [-0.05, 0) is 102 Å². The van der Waals surface area contributed by atoms with Gasteiger partial charge in [0.15, 0.2) is 11.5 Å². The molecule has 1 heterocycles. The molecule has 0 saturated carbocycles. The molecule has 236 valence electrons. The zero-order chi connectivity index (χ0) is 31.2. The summed E-state index contributed by atoms with van der Waals surface area (Å²) in [6.07, 6.45) is 10.3. The zero-order valence-corrected chi connectivity index (χ0v) is 27.8. The molecule has 1 saturated heterocycles. The summed E-state index contributed by atoms with van der Waals surface area (Å²) >= 11 is 0. The van der Waals surface area contributed by atoms with E-state index in [-0.39, 0.29) is 17.7 Å². The van der Waals surface area contributed by atoms with Crippen LogP contribution in [0.1, 0.15) is 78.9 Å². The number of phenols is 2. The quantitative estimate of drug-likeness (QED) is 0.111. The Hall–Kier alpha value is -2.74. The molecule has 0 aromatic heterocycles. The van der Waals surface area contributed by atoms with Gasteiger partial charge in [-0.3, -0.25) is 15.1 Å². The molecule has 1 aromatic rings. The number of nitrogens with zero attached hydrogens (tertiary/aromatic N) is 3. The fourth-order valence-corrected chi connectivity index (χ4v) is 5.53. The van der Waals surface area contributed by atoms with Gasteiger partial charge >= 0.3 is 0 Å². The van der Waals surface area contributed by atoms with Crippen LogP contribution in [0.4, 0.5) is 0 Å². The maximum Gasteiger partial charge on any atom is 0.160 e. The van der Waals surface area contributed by atoms with Crippen molar-refractivity contribution in [3.05, 3.63) is 70.6 Å². The number of phenolic OH excluding ortho intramolecular Hbond substituents is 2. The SMILES string of the molecule is C=C(NCc1ccc(O)c(O)c1C)/C(C)=C/N1CCN(C(C)CCN(CCC)C/C(=C/C)CC)CCNC1/C(C)=C\C. The molecule has 7 nitrogen and oxygen atoms in total. The second kappa shape index (κ2) is 18.0. The third kappa shape index (κ3) is 10.5. The molecule has 2 unspecified atom stereocenters. The third-order valence-electron chi connectivity index (χ3n) is 8.77. The lowest BCUT2D eigenvalue weighted by molar-refractivity contribution is 0.128. The van der Waals surface area contributed by atoms with Crippen LogP contribution in [0.5, 0.6) is 11.5 Å². The van der Waals surface area contributed by atoms with Crippen LogP contribution in [0.3, 0.4) is 0 Å². The van der Waals surface area contributed by atoms with Gasteiger partial charge in [-0.1, -0.05) is 44.2 Å². The number of nitrogens with one attached hydrogen (secondary N) is 2. The van der Waals surface area contributed by atoms with Crippen molar-refractivity contribution >= 4 is 0 Å². The lowest BCUT2D eigenvalue weighted by atomic mass is 10.1. The molecule has 1 aromatic carbocycles. The molecule has 0 radical (unpaired) electrons. The molecule has 7 heteroatoms. The van der Waals surface area contributed by atoms with E-state index in [4.69, 9.17) is 0 Å². The van der Waals surface area contributed by atoms with E-state index >= 15 is 0 Å². The van der Waals surface area contributed by atoms with Crippen molar-refractivity contribution in [2.24, 2.45) is 0 Å². The molecule has 2 atom stereocenters. The third-order valence-corrected chi connectivity index (χ3v) is 8.77. The highest BCUT2D eigenvalue weighted by atomic mass is 16.3. The summed E-state index contributed by atoms with van der Waals surface area (Å²) in [4.78, 5) is 7.68. The van der Waals surface area contributed by atoms with Crippen molar-refractivity contribution in [3.8, 4) is 11.5 Å². The molecule has 0 bridgehead atoms. The summed E-state index contributed by atoms with van der Waals surface area (Å²) in [7, 11) is 0.